The van der Waals surface area contributed by atoms with Crippen LogP contribution in [0.1, 0.15) is 6.92 Å². The Kier molecular flexibility index (Phi) is 4.55. The Balaban J connectivity index is 4.26. The third kappa shape index (κ3) is 3.13. The lowest BCUT2D eigenvalue weighted by Crippen LogP contribution is -2.36. The monoisotopic (exact) mass is 195 g/mol. The molecular formula is C5H9NO3S2. The summed E-state index contributed by atoms with van der Waals surface area (Å²) in [6.45, 7) is 1.08. The summed E-state index contributed by atoms with van der Waals surface area (Å²) in [5, 5.41) is -1.43. The van der Waals surface area contributed by atoms with E-state index in [9.17, 15) is 13.8 Å². The van der Waals surface area contributed by atoms with Gasteiger partial charge in [0.15, 0.2) is 10.8 Å². The van der Waals surface area contributed by atoms with Crippen molar-refractivity contribution in [3.8, 4) is 0 Å². The van der Waals surface area contributed by atoms with Crippen LogP contribution in [0.3, 0.4) is 0 Å². The molecule has 6 heteroatoms. The minimum absolute atomic E-state index is 0.0951. The smallest absolute Gasteiger partial charge is 0.244 e. The second-order valence-corrected chi connectivity index (χ2v) is 3.75. The predicted molar refractivity (Wildman–Crippen MR) is 45.7 cm³/mol. The van der Waals surface area contributed by atoms with Crippen LogP contribution in [0.5, 0.6) is 0 Å². The van der Waals surface area contributed by atoms with Crippen molar-refractivity contribution in [2.45, 2.75) is 13.0 Å². The maximum absolute atomic E-state index is 10.8. The van der Waals surface area contributed by atoms with Crippen LogP contribution in [0, 0.1) is 0 Å². The summed E-state index contributed by atoms with van der Waals surface area (Å²) in [5.74, 6) is 0.0951. The molecule has 0 heterocycles. The highest BCUT2D eigenvalue weighted by Gasteiger charge is 2.22. The van der Waals surface area contributed by atoms with E-state index in [1.807, 2.05) is 0 Å². The SMILES string of the molecule is CC(=O)S(=O)C(=O)[C@@H](N)CS. The molecule has 0 fully saturated rings. The third-order valence-corrected chi connectivity index (χ3v) is 2.53. The van der Waals surface area contributed by atoms with Gasteiger partial charge < -0.3 is 5.73 Å². The van der Waals surface area contributed by atoms with Crippen molar-refractivity contribution in [1.82, 2.24) is 0 Å². The summed E-state index contributed by atoms with van der Waals surface area (Å²) in [7, 11) is -2.10. The van der Waals surface area contributed by atoms with Gasteiger partial charge in [0, 0.05) is 12.7 Å². The van der Waals surface area contributed by atoms with E-state index in [0.717, 1.165) is 6.92 Å². The number of carbonyl (C=O) groups is 2. The zero-order chi connectivity index (χ0) is 9.02. The van der Waals surface area contributed by atoms with Gasteiger partial charge in [-0.25, -0.2) is 4.21 Å². The first-order valence-corrected chi connectivity index (χ1v) is 4.61. The molecule has 0 bridgehead atoms. The molecule has 0 aliphatic heterocycles. The normalized spacial score (nSPS) is 15.5. The molecule has 64 valence electrons. The van der Waals surface area contributed by atoms with Crippen molar-refractivity contribution < 1.29 is 13.8 Å². The standard InChI is InChI=1S/C5H9NO3S2/c1-3(7)11(9)5(8)4(6)2-10/h4,10H,2,6H2,1H3/t4-,11?/m0/s1. The first kappa shape index (κ1) is 10.8. The molecule has 0 aliphatic rings. The van der Waals surface area contributed by atoms with E-state index in [4.69, 9.17) is 5.73 Å². The Hall–Kier alpha value is -0.200. The lowest BCUT2D eigenvalue weighted by Gasteiger charge is -2.02. The molecule has 0 aromatic rings. The summed E-state index contributed by atoms with van der Waals surface area (Å²) in [4.78, 5) is 21.2. The highest BCUT2D eigenvalue weighted by Crippen LogP contribution is 1.93. The number of hydrogen-bond donors (Lipinski definition) is 2. The maximum Gasteiger partial charge on any atom is 0.244 e. The van der Waals surface area contributed by atoms with Crippen molar-refractivity contribution in [2.24, 2.45) is 5.73 Å². The van der Waals surface area contributed by atoms with Gasteiger partial charge in [-0.15, -0.1) is 0 Å². The minimum atomic E-state index is -2.10. The molecule has 0 aromatic carbocycles. The predicted octanol–water partition coefficient (Wildman–Crippen LogP) is -0.935. The van der Waals surface area contributed by atoms with Crippen LogP contribution >= 0.6 is 12.6 Å². The molecule has 2 N–H and O–H groups in total. The first-order valence-electron chi connectivity index (χ1n) is 2.83. The van der Waals surface area contributed by atoms with Crippen LogP contribution in [-0.2, 0) is 20.4 Å². The van der Waals surface area contributed by atoms with E-state index < -0.39 is 27.1 Å². The van der Waals surface area contributed by atoms with Gasteiger partial charge in [0.1, 0.15) is 0 Å². The Bertz CT molecular complexity index is 204. The van der Waals surface area contributed by atoms with Crippen LogP contribution in [0.15, 0.2) is 0 Å². The highest BCUT2D eigenvalue weighted by molar-refractivity contribution is 8.13. The van der Waals surface area contributed by atoms with E-state index in [0.29, 0.717) is 0 Å². The van der Waals surface area contributed by atoms with Gasteiger partial charge in [-0.05, 0) is 0 Å². The molecule has 1 unspecified atom stereocenters. The lowest BCUT2D eigenvalue weighted by molar-refractivity contribution is -0.113. The van der Waals surface area contributed by atoms with Crippen LogP contribution < -0.4 is 5.73 Å². The second-order valence-electron chi connectivity index (χ2n) is 1.87. The van der Waals surface area contributed by atoms with Gasteiger partial charge in [0.05, 0.1) is 6.04 Å². The zero-order valence-corrected chi connectivity index (χ0v) is 7.65. The van der Waals surface area contributed by atoms with E-state index >= 15 is 0 Å². The van der Waals surface area contributed by atoms with E-state index in [1.165, 1.54) is 0 Å². The third-order valence-electron chi connectivity index (χ3n) is 0.943. The van der Waals surface area contributed by atoms with Crippen LogP contribution in [0.25, 0.3) is 0 Å². The van der Waals surface area contributed by atoms with Crippen molar-refractivity contribution in [3.63, 3.8) is 0 Å². The average molecular weight is 195 g/mol. The average Bonchev–Trinajstić information content (AvgIpc) is 2.00. The molecule has 2 atom stereocenters. The molecule has 4 nitrogen and oxygen atoms in total. The molecule has 0 amide bonds. The Morgan fingerprint density at radius 3 is 2.36 bits per heavy atom. The summed E-state index contributed by atoms with van der Waals surface area (Å²) in [6.07, 6.45) is 0. The minimum Gasteiger partial charge on any atom is -0.320 e. The Morgan fingerprint density at radius 2 is 2.09 bits per heavy atom. The molecule has 0 saturated heterocycles. The maximum atomic E-state index is 10.8. The zero-order valence-electron chi connectivity index (χ0n) is 5.94. The molecule has 0 rings (SSSR count). The molecule has 11 heavy (non-hydrogen) atoms. The second kappa shape index (κ2) is 4.63. The summed E-state index contributed by atoms with van der Waals surface area (Å²) >= 11 is 3.73. The largest absolute Gasteiger partial charge is 0.320 e. The van der Waals surface area contributed by atoms with Gasteiger partial charge in [0.25, 0.3) is 0 Å². The Morgan fingerprint density at radius 1 is 1.64 bits per heavy atom. The lowest BCUT2D eigenvalue weighted by atomic mass is 10.4. The van der Waals surface area contributed by atoms with E-state index in [1.54, 1.807) is 0 Å². The van der Waals surface area contributed by atoms with Crippen molar-refractivity contribution in [1.29, 1.82) is 0 Å². The fourth-order valence-electron chi connectivity index (χ4n) is 0.354. The highest BCUT2D eigenvalue weighted by atomic mass is 32.2. The molecule has 0 spiro atoms. The topological polar surface area (TPSA) is 77.2 Å². The summed E-state index contributed by atoms with van der Waals surface area (Å²) in [5.41, 5.74) is 5.18. The van der Waals surface area contributed by atoms with Gasteiger partial charge in [-0.3, -0.25) is 9.59 Å². The van der Waals surface area contributed by atoms with Crippen molar-refractivity contribution in [2.75, 3.05) is 5.75 Å². The number of nitrogens with two attached hydrogens (primary N) is 1. The van der Waals surface area contributed by atoms with Crippen molar-refractivity contribution in [3.05, 3.63) is 0 Å². The van der Waals surface area contributed by atoms with E-state index in [2.05, 4.69) is 12.6 Å². The van der Waals surface area contributed by atoms with Crippen molar-refractivity contribution >= 4 is 33.7 Å². The Labute approximate surface area is 72.4 Å². The molecular weight excluding hydrogens is 186 g/mol. The van der Waals surface area contributed by atoms with E-state index in [-0.39, 0.29) is 5.75 Å². The molecule has 0 radical (unpaired) electrons. The van der Waals surface area contributed by atoms with Gasteiger partial charge in [-0.1, -0.05) is 0 Å². The number of hydrogen-bond acceptors (Lipinski definition) is 5. The fourth-order valence-corrected chi connectivity index (χ4v) is 1.28. The first-order chi connectivity index (χ1) is 5.00. The van der Waals surface area contributed by atoms with Crippen LogP contribution in [-0.4, -0.2) is 26.2 Å². The molecule has 0 saturated carbocycles. The summed E-state index contributed by atoms with van der Waals surface area (Å²) in [6, 6.07) is -0.914. The van der Waals surface area contributed by atoms with Crippen LogP contribution in [0.2, 0.25) is 0 Å². The number of rotatable bonds is 2. The van der Waals surface area contributed by atoms with Gasteiger partial charge in [0.2, 0.25) is 10.2 Å². The quantitative estimate of drug-likeness (QED) is 0.558. The molecule has 0 aromatic heterocycles. The number of thiol groups is 1. The number of carbonyl (C=O) groups excluding carboxylic acids is 2. The summed E-state index contributed by atoms with van der Waals surface area (Å²) < 4.78 is 10.7. The van der Waals surface area contributed by atoms with Gasteiger partial charge >= 0.3 is 0 Å². The van der Waals surface area contributed by atoms with Crippen LogP contribution in [0.4, 0.5) is 0 Å². The fraction of sp³-hybridized carbons (Fsp3) is 0.600. The molecule has 0 aliphatic carbocycles. The van der Waals surface area contributed by atoms with Gasteiger partial charge in [-0.2, -0.15) is 12.6 Å².